The fourth-order valence-electron chi connectivity index (χ4n) is 4.13. The Kier molecular flexibility index (Phi) is 7.96. The summed E-state index contributed by atoms with van der Waals surface area (Å²) in [6, 6.07) is 13.4. The van der Waals surface area contributed by atoms with Crippen molar-refractivity contribution in [1.29, 1.82) is 0 Å². The first-order valence-electron chi connectivity index (χ1n) is 11.4. The molecule has 2 heterocycles. The molecule has 2 aromatic carbocycles. The molecule has 198 valence electrons. The predicted molar refractivity (Wildman–Crippen MR) is 134 cm³/mol. The number of β-lactam (4-membered cyclic amide) rings is 1. The van der Waals surface area contributed by atoms with Gasteiger partial charge in [-0.1, -0.05) is 30.3 Å². The summed E-state index contributed by atoms with van der Waals surface area (Å²) in [5.74, 6) is -2.68. The van der Waals surface area contributed by atoms with Gasteiger partial charge in [0.1, 0.15) is 29.5 Å². The van der Waals surface area contributed by atoms with E-state index < -0.39 is 45.3 Å². The Hall–Kier alpha value is -4.39. The number of nitrogens with one attached hydrogen (secondary N) is 1. The molecule has 2 aliphatic heterocycles. The lowest BCUT2D eigenvalue weighted by Crippen LogP contribution is -2.71. The number of thioether (sulfide) groups is 1. The molecule has 38 heavy (non-hydrogen) atoms. The van der Waals surface area contributed by atoms with E-state index >= 15 is 0 Å². The lowest BCUT2D eigenvalue weighted by molar-refractivity contribution is -0.384. The van der Waals surface area contributed by atoms with Gasteiger partial charge >= 0.3 is 11.9 Å². The van der Waals surface area contributed by atoms with Crippen LogP contribution in [0.3, 0.4) is 0 Å². The van der Waals surface area contributed by atoms with Gasteiger partial charge in [-0.05, 0) is 24.1 Å². The Bertz CT molecular complexity index is 1300. The van der Waals surface area contributed by atoms with Crippen molar-refractivity contribution in [3.63, 3.8) is 0 Å². The van der Waals surface area contributed by atoms with Crippen LogP contribution in [-0.2, 0) is 30.3 Å². The topological polar surface area (TPSA) is 165 Å². The summed E-state index contributed by atoms with van der Waals surface area (Å²) in [6.07, 6.45) is 0.242. The number of hydrogen-bond acceptors (Lipinski definition) is 9. The number of rotatable bonds is 10. The van der Waals surface area contributed by atoms with Crippen LogP contribution in [0.25, 0.3) is 0 Å². The summed E-state index contributed by atoms with van der Waals surface area (Å²) in [5.41, 5.74) is 0.494. The number of nitrogens with zero attached hydrogens (tertiary/aromatic N) is 2. The van der Waals surface area contributed by atoms with Gasteiger partial charge < -0.3 is 19.9 Å². The molecule has 13 heteroatoms. The van der Waals surface area contributed by atoms with Crippen molar-refractivity contribution in [1.82, 2.24) is 10.2 Å². The maximum Gasteiger partial charge on any atom is 0.352 e. The fraction of sp³-hybridized carbons (Fsp3) is 0.280. The molecule has 2 N–H and O–H groups in total. The standard InChI is InChI=1S/C25H23N3O9S/c1-14(29)36-12-18-19(11-15-7-9-16(10-8-15)28(34)35)38-24-21(23(31)27(24)22(18)25(32)33)26-20(30)13-37-17-5-3-2-4-6-17/h2-10,19,21,24H,11-13H2,1H3,(H,26,30)(H,32,33)/t19?,21?,24-/m1/s1. The third-order valence-electron chi connectivity index (χ3n) is 5.91. The first kappa shape index (κ1) is 26.7. The van der Waals surface area contributed by atoms with Gasteiger partial charge in [-0.15, -0.1) is 11.8 Å². The van der Waals surface area contributed by atoms with Gasteiger partial charge in [-0.3, -0.25) is 29.4 Å². The monoisotopic (exact) mass is 541 g/mol. The second-order valence-corrected chi connectivity index (χ2v) is 9.78. The molecule has 1 saturated heterocycles. The molecule has 2 aromatic rings. The molecule has 4 rings (SSSR count). The molecule has 0 radical (unpaired) electrons. The normalized spacial score (nSPS) is 20.2. The van der Waals surface area contributed by atoms with E-state index in [1.165, 1.54) is 30.8 Å². The highest BCUT2D eigenvalue weighted by atomic mass is 32.2. The van der Waals surface area contributed by atoms with Crippen LogP contribution < -0.4 is 10.1 Å². The van der Waals surface area contributed by atoms with Crippen LogP contribution in [0.15, 0.2) is 65.9 Å². The van der Waals surface area contributed by atoms with Crippen molar-refractivity contribution in [2.45, 2.75) is 30.0 Å². The highest BCUT2D eigenvalue weighted by Gasteiger charge is 2.56. The Morgan fingerprint density at radius 1 is 1.13 bits per heavy atom. The van der Waals surface area contributed by atoms with Gasteiger partial charge in [-0.25, -0.2) is 4.79 Å². The van der Waals surface area contributed by atoms with Gasteiger partial charge in [0.2, 0.25) is 0 Å². The maximum atomic E-state index is 13.0. The molecular formula is C25H23N3O9S. The summed E-state index contributed by atoms with van der Waals surface area (Å²) < 4.78 is 10.5. The molecule has 0 aromatic heterocycles. The average Bonchev–Trinajstić information content (AvgIpc) is 2.89. The number of esters is 1. The summed E-state index contributed by atoms with van der Waals surface area (Å²) in [4.78, 5) is 60.8. The van der Waals surface area contributed by atoms with Crippen molar-refractivity contribution in [3.05, 3.63) is 81.5 Å². The second-order valence-electron chi connectivity index (χ2n) is 8.46. The van der Waals surface area contributed by atoms with E-state index in [2.05, 4.69) is 5.32 Å². The number of carboxylic acids is 1. The molecule has 0 aliphatic carbocycles. The Morgan fingerprint density at radius 3 is 2.42 bits per heavy atom. The van der Waals surface area contributed by atoms with Crippen LogP contribution in [0.1, 0.15) is 12.5 Å². The SMILES string of the molecule is CC(=O)OCC1=C(C(=O)O)N2C(=O)C(NC(=O)COc3ccccc3)[C@H]2SC1Cc1ccc([N+](=O)[O-])cc1. The number of para-hydroxylation sites is 1. The number of carbonyl (C=O) groups is 4. The number of fused-ring (bicyclic) bond motifs is 1. The van der Waals surface area contributed by atoms with Crippen LogP contribution in [0, 0.1) is 10.1 Å². The van der Waals surface area contributed by atoms with Crippen LogP contribution in [0.2, 0.25) is 0 Å². The number of aliphatic carboxylic acids is 1. The number of ether oxygens (including phenoxy) is 2. The van der Waals surface area contributed by atoms with Crippen molar-refractivity contribution < 1.29 is 38.7 Å². The molecular weight excluding hydrogens is 518 g/mol. The molecule has 3 atom stereocenters. The zero-order valence-electron chi connectivity index (χ0n) is 20.1. The van der Waals surface area contributed by atoms with Crippen molar-refractivity contribution >= 4 is 41.2 Å². The molecule has 2 aliphatic rings. The lowest BCUT2D eigenvalue weighted by atomic mass is 9.97. The minimum Gasteiger partial charge on any atom is -0.484 e. The van der Waals surface area contributed by atoms with Crippen molar-refractivity contribution in [2.24, 2.45) is 0 Å². The molecule has 1 fully saturated rings. The van der Waals surface area contributed by atoms with Gasteiger partial charge in [0.15, 0.2) is 6.61 Å². The lowest BCUT2D eigenvalue weighted by Gasteiger charge is -2.51. The van der Waals surface area contributed by atoms with E-state index in [1.54, 1.807) is 42.5 Å². The first-order chi connectivity index (χ1) is 18.2. The van der Waals surface area contributed by atoms with E-state index in [4.69, 9.17) is 9.47 Å². The highest BCUT2D eigenvalue weighted by Crippen LogP contribution is 2.45. The van der Waals surface area contributed by atoms with E-state index in [9.17, 15) is 34.4 Å². The molecule has 0 saturated carbocycles. The summed E-state index contributed by atoms with van der Waals surface area (Å²) >= 11 is 1.24. The number of nitro benzene ring substituents is 1. The Labute approximate surface area is 220 Å². The van der Waals surface area contributed by atoms with Crippen molar-refractivity contribution in [3.8, 4) is 5.75 Å². The molecule has 2 unspecified atom stereocenters. The third kappa shape index (κ3) is 5.78. The molecule has 0 bridgehead atoms. The summed E-state index contributed by atoms with van der Waals surface area (Å²) in [7, 11) is 0. The minimum atomic E-state index is -1.38. The smallest absolute Gasteiger partial charge is 0.352 e. The van der Waals surface area contributed by atoms with Gasteiger partial charge in [-0.2, -0.15) is 0 Å². The van der Waals surface area contributed by atoms with Crippen molar-refractivity contribution in [2.75, 3.05) is 13.2 Å². The number of amides is 2. The van der Waals surface area contributed by atoms with Crippen LogP contribution >= 0.6 is 11.8 Å². The highest BCUT2D eigenvalue weighted by molar-refractivity contribution is 8.00. The number of hydrogen-bond donors (Lipinski definition) is 2. The third-order valence-corrected chi connectivity index (χ3v) is 7.45. The Morgan fingerprint density at radius 2 is 1.82 bits per heavy atom. The molecule has 12 nitrogen and oxygen atoms in total. The van der Waals surface area contributed by atoms with E-state index in [0.717, 1.165) is 4.90 Å². The predicted octanol–water partition coefficient (Wildman–Crippen LogP) is 1.89. The number of carbonyl (C=O) groups excluding carboxylic acids is 3. The zero-order valence-corrected chi connectivity index (χ0v) is 20.9. The van der Waals surface area contributed by atoms with E-state index in [1.807, 2.05) is 0 Å². The zero-order chi connectivity index (χ0) is 27.4. The van der Waals surface area contributed by atoms with Gasteiger partial charge in [0.05, 0.1) is 4.92 Å². The van der Waals surface area contributed by atoms with E-state index in [-0.39, 0.29) is 36.6 Å². The Balaban J connectivity index is 1.55. The fourth-order valence-corrected chi connectivity index (χ4v) is 5.77. The number of benzene rings is 2. The largest absolute Gasteiger partial charge is 0.484 e. The summed E-state index contributed by atoms with van der Waals surface area (Å²) in [6.45, 7) is 0.500. The average molecular weight is 542 g/mol. The second kappa shape index (κ2) is 11.3. The van der Waals surface area contributed by atoms with Crippen LogP contribution in [0.5, 0.6) is 5.75 Å². The first-order valence-corrected chi connectivity index (χ1v) is 12.4. The van der Waals surface area contributed by atoms with Gasteiger partial charge in [0.25, 0.3) is 17.5 Å². The summed E-state index contributed by atoms with van der Waals surface area (Å²) in [5, 5.41) is 22.3. The molecule has 2 amide bonds. The van der Waals surface area contributed by atoms with Gasteiger partial charge in [0, 0.05) is 29.9 Å². The number of carboxylic acid groups (broad SMARTS) is 1. The maximum absolute atomic E-state index is 13.0. The molecule has 0 spiro atoms. The minimum absolute atomic E-state index is 0.0942. The van der Waals surface area contributed by atoms with E-state index in [0.29, 0.717) is 11.3 Å². The van der Waals surface area contributed by atoms with Crippen LogP contribution in [0.4, 0.5) is 5.69 Å². The number of nitro groups is 1. The quantitative estimate of drug-likeness (QED) is 0.196. The number of non-ortho nitro benzene ring substituents is 1. The van der Waals surface area contributed by atoms with Crippen LogP contribution in [-0.4, -0.2) is 68.6 Å².